The summed E-state index contributed by atoms with van der Waals surface area (Å²) in [7, 11) is 0. The molecular weight excluding hydrogens is 252 g/mol. The van der Waals surface area contributed by atoms with Crippen LogP contribution in [0.5, 0.6) is 5.75 Å². The van der Waals surface area contributed by atoms with Crippen molar-refractivity contribution in [1.29, 1.82) is 0 Å². The lowest BCUT2D eigenvalue weighted by Gasteiger charge is -2.32. The summed E-state index contributed by atoms with van der Waals surface area (Å²) in [6.45, 7) is 5.80. The zero-order valence-corrected chi connectivity index (χ0v) is 12.1. The molecule has 1 aromatic carbocycles. The van der Waals surface area contributed by atoms with Crippen LogP contribution in [0.2, 0.25) is 0 Å². The third-order valence-electron chi connectivity index (χ3n) is 4.40. The van der Waals surface area contributed by atoms with E-state index in [2.05, 4.69) is 23.2 Å². The Balaban J connectivity index is 1.83. The van der Waals surface area contributed by atoms with Gasteiger partial charge < -0.3 is 20.1 Å². The first-order valence-electron chi connectivity index (χ1n) is 7.72. The van der Waals surface area contributed by atoms with Gasteiger partial charge >= 0.3 is 0 Å². The summed E-state index contributed by atoms with van der Waals surface area (Å²) in [5.41, 5.74) is 2.11. The van der Waals surface area contributed by atoms with Crippen molar-refractivity contribution in [3.05, 3.63) is 23.8 Å². The average Bonchev–Trinajstić information content (AvgIpc) is 2.54. The molecular formula is C16H24N2O2. The number of aliphatic hydroxyl groups is 1. The molecule has 0 aliphatic carbocycles. The predicted molar refractivity (Wildman–Crippen MR) is 80.4 cm³/mol. The third-order valence-corrected chi connectivity index (χ3v) is 4.40. The van der Waals surface area contributed by atoms with Gasteiger partial charge in [-0.25, -0.2) is 0 Å². The molecule has 1 aromatic rings. The lowest BCUT2D eigenvalue weighted by molar-refractivity contribution is 0.114. The van der Waals surface area contributed by atoms with Crippen LogP contribution in [0.3, 0.4) is 0 Å². The van der Waals surface area contributed by atoms with Crippen LogP contribution in [-0.4, -0.2) is 37.4 Å². The van der Waals surface area contributed by atoms with Crippen molar-refractivity contribution in [2.24, 2.45) is 0 Å². The highest BCUT2D eigenvalue weighted by Gasteiger charge is 2.25. The number of anilines is 1. The first-order valence-corrected chi connectivity index (χ1v) is 7.72. The monoisotopic (exact) mass is 276 g/mol. The number of fused-ring (bicyclic) bond motifs is 1. The number of ether oxygens (including phenoxy) is 1. The van der Waals surface area contributed by atoms with Crippen LogP contribution in [0.15, 0.2) is 18.2 Å². The number of hydrogen-bond acceptors (Lipinski definition) is 4. The molecule has 1 fully saturated rings. The Morgan fingerprint density at radius 1 is 1.45 bits per heavy atom. The molecule has 0 aromatic heterocycles. The average molecular weight is 276 g/mol. The van der Waals surface area contributed by atoms with Crippen molar-refractivity contribution in [3.63, 3.8) is 0 Å². The quantitative estimate of drug-likeness (QED) is 0.887. The Labute approximate surface area is 120 Å². The van der Waals surface area contributed by atoms with E-state index in [4.69, 9.17) is 4.74 Å². The van der Waals surface area contributed by atoms with Gasteiger partial charge in [-0.1, -0.05) is 12.5 Å². The first-order chi connectivity index (χ1) is 9.79. The molecule has 2 unspecified atom stereocenters. The number of rotatable bonds is 3. The highest BCUT2D eigenvalue weighted by molar-refractivity contribution is 5.61. The SMILES string of the molecule is CCN1CCOc2ccc(C(O)C3CCCCN3)cc21. The third kappa shape index (κ3) is 2.63. The van der Waals surface area contributed by atoms with Crippen LogP contribution in [0, 0.1) is 0 Å². The molecule has 4 nitrogen and oxygen atoms in total. The van der Waals surface area contributed by atoms with E-state index in [1.807, 2.05) is 12.1 Å². The van der Waals surface area contributed by atoms with E-state index in [0.717, 1.165) is 49.7 Å². The van der Waals surface area contributed by atoms with Crippen molar-refractivity contribution < 1.29 is 9.84 Å². The Kier molecular flexibility index (Phi) is 4.13. The molecule has 0 radical (unpaired) electrons. The summed E-state index contributed by atoms with van der Waals surface area (Å²) in [5, 5.41) is 14.0. The smallest absolute Gasteiger partial charge is 0.142 e. The van der Waals surface area contributed by atoms with Gasteiger partial charge in [-0.2, -0.15) is 0 Å². The minimum atomic E-state index is -0.429. The van der Waals surface area contributed by atoms with Crippen molar-refractivity contribution >= 4 is 5.69 Å². The summed E-state index contributed by atoms with van der Waals surface area (Å²) in [6, 6.07) is 6.28. The van der Waals surface area contributed by atoms with Gasteiger partial charge in [0.25, 0.3) is 0 Å². The molecule has 2 aliphatic rings. The van der Waals surface area contributed by atoms with Gasteiger partial charge in [-0.3, -0.25) is 0 Å². The summed E-state index contributed by atoms with van der Waals surface area (Å²) in [5.74, 6) is 0.936. The van der Waals surface area contributed by atoms with Gasteiger partial charge in [0, 0.05) is 12.6 Å². The van der Waals surface area contributed by atoms with Crippen molar-refractivity contribution in [2.75, 3.05) is 31.1 Å². The fourth-order valence-corrected chi connectivity index (χ4v) is 3.18. The topological polar surface area (TPSA) is 44.7 Å². The normalized spacial score (nSPS) is 23.9. The molecule has 110 valence electrons. The molecule has 0 spiro atoms. The van der Waals surface area contributed by atoms with E-state index in [-0.39, 0.29) is 6.04 Å². The molecule has 2 atom stereocenters. The maximum absolute atomic E-state index is 10.6. The van der Waals surface area contributed by atoms with Gasteiger partial charge in [0.1, 0.15) is 12.4 Å². The van der Waals surface area contributed by atoms with E-state index in [0.29, 0.717) is 0 Å². The fraction of sp³-hybridized carbons (Fsp3) is 0.625. The highest BCUT2D eigenvalue weighted by atomic mass is 16.5. The lowest BCUT2D eigenvalue weighted by atomic mass is 9.94. The van der Waals surface area contributed by atoms with E-state index < -0.39 is 6.10 Å². The number of benzene rings is 1. The minimum Gasteiger partial charge on any atom is -0.490 e. The van der Waals surface area contributed by atoms with Gasteiger partial charge in [0.05, 0.1) is 18.3 Å². The predicted octanol–water partition coefficient (Wildman–Crippen LogP) is 2.08. The second-order valence-electron chi connectivity index (χ2n) is 5.66. The number of nitrogens with one attached hydrogen (secondary N) is 1. The molecule has 2 N–H and O–H groups in total. The van der Waals surface area contributed by atoms with Crippen LogP contribution >= 0.6 is 0 Å². The van der Waals surface area contributed by atoms with Crippen molar-refractivity contribution in [3.8, 4) is 5.75 Å². The maximum atomic E-state index is 10.6. The number of aliphatic hydroxyl groups excluding tert-OH is 1. The number of likely N-dealkylation sites (N-methyl/N-ethyl adjacent to an activating group) is 1. The molecule has 1 saturated heterocycles. The summed E-state index contributed by atoms with van der Waals surface area (Å²) >= 11 is 0. The Bertz CT molecular complexity index is 458. The van der Waals surface area contributed by atoms with Gasteiger partial charge in [0.2, 0.25) is 0 Å². The van der Waals surface area contributed by atoms with Crippen molar-refractivity contribution in [1.82, 2.24) is 5.32 Å². The molecule has 0 saturated carbocycles. The standard InChI is InChI=1S/C16H24N2O2/c1-2-18-9-10-20-15-7-6-12(11-14(15)18)16(19)13-5-3-4-8-17-13/h6-7,11,13,16-17,19H,2-5,8-10H2,1H3. The maximum Gasteiger partial charge on any atom is 0.142 e. The highest BCUT2D eigenvalue weighted by Crippen LogP contribution is 2.35. The van der Waals surface area contributed by atoms with Crippen molar-refractivity contribution in [2.45, 2.75) is 38.3 Å². The number of nitrogens with zero attached hydrogens (tertiary/aromatic N) is 1. The van der Waals surface area contributed by atoms with Crippen LogP contribution in [0.25, 0.3) is 0 Å². The Hall–Kier alpha value is -1.26. The number of hydrogen-bond donors (Lipinski definition) is 2. The van der Waals surface area contributed by atoms with Gasteiger partial charge in [0.15, 0.2) is 0 Å². The summed E-state index contributed by atoms with van der Waals surface area (Å²) in [6.07, 6.45) is 3.03. The molecule has 20 heavy (non-hydrogen) atoms. The Morgan fingerprint density at radius 2 is 2.35 bits per heavy atom. The van der Waals surface area contributed by atoms with E-state index in [9.17, 15) is 5.11 Å². The molecule has 2 aliphatic heterocycles. The van der Waals surface area contributed by atoms with Gasteiger partial charge in [-0.05, 0) is 44.0 Å². The Morgan fingerprint density at radius 3 is 3.10 bits per heavy atom. The minimum absolute atomic E-state index is 0.182. The van der Waals surface area contributed by atoms with Crippen LogP contribution < -0.4 is 15.0 Å². The molecule has 2 heterocycles. The second kappa shape index (κ2) is 6.02. The second-order valence-corrected chi connectivity index (χ2v) is 5.66. The fourth-order valence-electron chi connectivity index (χ4n) is 3.18. The summed E-state index contributed by atoms with van der Waals surface area (Å²) < 4.78 is 5.70. The first kappa shape index (κ1) is 13.7. The van der Waals surface area contributed by atoms with E-state index in [1.165, 1.54) is 12.8 Å². The van der Waals surface area contributed by atoms with E-state index >= 15 is 0 Å². The van der Waals surface area contributed by atoms with Crippen LogP contribution in [0.1, 0.15) is 37.9 Å². The molecule has 3 rings (SSSR count). The largest absolute Gasteiger partial charge is 0.490 e. The lowest BCUT2D eigenvalue weighted by Crippen LogP contribution is -2.39. The molecule has 0 bridgehead atoms. The zero-order chi connectivity index (χ0) is 13.9. The van der Waals surface area contributed by atoms with Crippen LogP contribution in [-0.2, 0) is 0 Å². The van der Waals surface area contributed by atoms with Gasteiger partial charge in [-0.15, -0.1) is 0 Å². The molecule has 4 heteroatoms. The van der Waals surface area contributed by atoms with E-state index in [1.54, 1.807) is 0 Å². The summed E-state index contributed by atoms with van der Waals surface area (Å²) in [4.78, 5) is 2.31. The van der Waals surface area contributed by atoms with Crippen LogP contribution in [0.4, 0.5) is 5.69 Å². The number of piperidine rings is 1. The molecule has 0 amide bonds. The zero-order valence-electron chi connectivity index (χ0n) is 12.1.